The molecule has 27 heavy (non-hydrogen) atoms. The van der Waals surface area contributed by atoms with Crippen molar-refractivity contribution in [1.82, 2.24) is 10.2 Å². The molecule has 0 spiro atoms. The molecular weight excluding hydrogens is 342 g/mol. The summed E-state index contributed by atoms with van der Waals surface area (Å²) >= 11 is 0. The van der Waals surface area contributed by atoms with Gasteiger partial charge in [0.25, 0.3) is 5.91 Å². The molecule has 6 heteroatoms. The number of methoxy groups -OCH3 is 2. The van der Waals surface area contributed by atoms with Gasteiger partial charge in [0.05, 0.1) is 20.3 Å². The molecule has 6 nitrogen and oxygen atoms in total. The molecule has 1 atom stereocenters. The molecule has 0 aliphatic heterocycles. The summed E-state index contributed by atoms with van der Waals surface area (Å²) in [6.45, 7) is 0.493. The lowest BCUT2D eigenvalue weighted by molar-refractivity contribution is 0.0941. The molecule has 0 saturated heterocycles. The molecule has 1 N–H and O–H groups in total. The van der Waals surface area contributed by atoms with E-state index in [1.165, 1.54) is 0 Å². The second-order valence-electron chi connectivity index (χ2n) is 6.78. The van der Waals surface area contributed by atoms with E-state index in [1.54, 1.807) is 32.4 Å². The topological polar surface area (TPSA) is 54.0 Å². The summed E-state index contributed by atoms with van der Waals surface area (Å²) in [6.07, 6.45) is 0. The highest BCUT2D eigenvalue weighted by Gasteiger charge is 2.17. The maximum Gasteiger partial charge on any atom is 0.251 e. The molecule has 0 aliphatic carbocycles. The van der Waals surface area contributed by atoms with E-state index in [2.05, 4.69) is 39.4 Å². The van der Waals surface area contributed by atoms with Crippen molar-refractivity contribution in [2.45, 2.75) is 6.04 Å². The van der Waals surface area contributed by atoms with E-state index in [0.717, 1.165) is 11.3 Å². The van der Waals surface area contributed by atoms with Crippen molar-refractivity contribution in [1.29, 1.82) is 0 Å². The van der Waals surface area contributed by atoms with Gasteiger partial charge >= 0.3 is 0 Å². The Hall–Kier alpha value is -2.73. The number of hydrogen-bond acceptors (Lipinski definition) is 5. The van der Waals surface area contributed by atoms with Crippen molar-refractivity contribution >= 4 is 11.6 Å². The number of carbonyl (C=O) groups is 1. The van der Waals surface area contributed by atoms with Crippen LogP contribution < -0.4 is 19.7 Å². The summed E-state index contributed by atoms with van der Waals surface area (Å²) < 4.78 is 10.5. The van der Waals surface area contributed by atoms with Crippen LogP contribution in [0.4, 0.5) is 5.69 Å². The zero-order chi connectivity index (χ0) is 20.0. The number of nitrogens with zero attached hydrogens (tertiary/aromatic N) is 2. The average Bonchev–Trinajstić information content (AvgIpc) is 2.67. The molecule has 0 radical (unpaired) electrons. The molecule has 146 valence electrons. The van der Waals surface area contributed by atoms with Gasteiger partial charge in [0, 0.05) is 38.0 Å². The summed E-state index contributed by atoms with van der Waals surface area (Å²) in [5.41, 5.74) is 2.80. The fraction of sp³-hybridized carbons (Fsp3) is 0.381. The number of benzene rings is 2. The third kappa shape index (κ3) is 5.37. The van der Waals surface area contributed by atoms with Crippen molar-refractivity contribution in [3.63, 3.8) is 0 Å². The van der Waals surface area contributed by atoms with Crippen LogP contribution in [0.1, 0.15) is 22.0 Å². The Bertz CT molecular complexity index is 736. The first-order valence-electron chi connectivity index (χ1n) is 8.80. The summed E-state index contributed by atoms with van der Waals surface area (Å²) in [7, 11) is 11.2. The first-order valence-corrected chi connectivity index (χ1v) is 8.80. The van der Waals surface area contributed by atoms with Gasteiger partial charge in [0.2, 0.25) is 0 Å². The van der Waals surface area contributed by atoms with Gasteiger partial charge < -0.3 is 24.6 Å². The van der Waals surface area contributed by atoms with Crippen molar-refractivity contribution < 1.29 is 14.3 Å². The number of anilines is 1. The van der Waals surface area contributed by atoms with Gasteiger partial charge in [-0.05, 0) is 43.9 Å². The molecule has 0 bridgehead atoms. The van der Waals surface area contributed by atoms with Crippen LogP contribution in [0.2, 0.25) is 0 Å². The fourth-order valence-corrected chi connectivity index (χ4v) is 2.82. The molecular formula is C21H29N3O3. The number of nitrogens with one attached hydrogen (secondary N) is 1. The van der Waals surface area contributed by atoms with E-state index in [1.807, 2.05) is 28.2 Å². The summed E-state index contributed by atoms with van der Waals surface area (Å²) in [4.78, 5) is 16.8. The van der Waals surface area contributed by atoms with Gasteiger partial charge in [0.1, 0.15) is 11.5 Å². The molecule has 2 aromatic carbocycles. The SMILES string of the molecule is COc1cc(OC)cc(C(=O)NC[C@@H](c2ccc(N(C)C)cc2)N(C)C)c1. The second-order valence-corrected chi connectivity index (χ2v) is 6.78. The molecule has 1 amide bonds. The van der Waals surface area contributed by atoms with Crippen LogP contribution in [0.5, 0.6) is 11.5 Å². The Kier molecular flexibility index (Phi) is 7.07. The normalized spacial score (nSPS) is 11.8. The van der Waals surface area contributed by atoms with Crippen LogP contribution >= 0.6 is 0 Å². The molecule has 0 heterocycles. The van der Waals surface area contributed by atoms with Crippen LogP contribution in [0, 0.1) is 0 Å². The zero-order valence-corrected chi connectivity index (χ0v) is 16.9. The van der Waals surface area contributed by atoms with Gasteiger partial charge in [-0.2, -0.15) is 0 Å². The summed E-state index contributed by atoms with van der Waals surface area (Å²) in [6, 6.07) is 13.6. The molecule has 0 saturated carbocycles. The Morgan fingerprint density at radius 2 is 1.52 bits per heavy atom. The first-order chi connectivity index (χ1) is 12.8. The average molecular weight is 371 g/mol. The predicted octanol–water partition coefficient (Wildman–Crippen LogP) is 2.80. The second kappa shape index (κ2) is 9.28. The van der Waals surface area contributed by atoms with Crippen LogP contribution in [0.15, 0.2) is 42.5 Å². The predicted molar refractivity (Wildman–Crippen MR) is 109 cm³/mol. The summed E-state index contributed by atoms with van der Waals surface area (Å²) in [5.74, 6) is 1.01. The van der Waals surface area contributed by atoms with Gasteiger partial charge in [0.15, 0.2) is 0 Å². The standard InChI is InChI=1S/C21H29N3O3/c1-23(2)17-9-7-15(8-10-17)20(24(3)4)14-22-21(25)16-11-18(26-5)13-19(12-16)27-6/h7-13,20H,14H2,1-6H3,(H,22,25)/t20-/m0/s1. The van der Waals surface area contributed by atoms with Gasteiger partial charge in [-0.3, -0.25) is 4.79 Å². The van der Waals surface area contributed by atoms with E-state index in [9.17, 15) is 4.79 Å². The number of rotatable bonds is 8. The largest absolute Gasteiger partial charge is 0.497 e. The van der Waals surface area contributed by atoms with Crippen molar-refractivity contribution in [2.24, 2.45) is 0 Å². The monoisotopic (exact) mass is 371 g/mol. The molecule has 0 fully saturated rings. The first kappa shape index (κ1) is 20.6. The smallest absolute Gasteiger partial charge is 0.251 e. The minimum atomic E-state index is -0.163. The number of amides is 1. The van der Waals surface area contributed by atoms with Crippen molar-refractivity contribution in [3.8, 4) is 11.5 Å². The lowest BCUT2D eigenvalue weighted by atomic mass is 10.0. The van der Waals surface area contributed by atoms with E-state index >= 15 is 0 Å². The highest BCUT2D eigenvalue weighted by Crippen LogP contribution is 2.23. The minimum absolute atomic E-state index is 0.0673. The molecule has 0 unspecified atom stereocenters. The number of likely N-dealkylation sites (N-methyl/N-ethyl adjacent to an activating group) is 1. The van der Waals surface area contributed by atoms with Gasteiger partial charge in [-0.1, -0.05) is 12.1 Å². The third-order valence-corrected chi connectivity index (χ3v) is 4.49. The number of ether oxygens (including phenoxy) is 2. The van der Waals surface area contributed by atoms with Gasteiger partial charge in [-0.25, -0.2) is 0 Å². The quantitative estimate of drug-likeness (QED) is 0.773. The third-order valence-electron chi connectivity index (χ3n) is 4.49. The van der Waals surface area contributed by atoms with Crippen LogP contribution in [0.25, 0.3) is 0 Å². The van der Waals surface area contributed by atoms with Crippen molar-refractivity contribution in [2.75, 3.05) is 53.9 Å². The Balaban J connectivity index is 2.12. The number of carbonyl (C=O) groups excluding carboxylic acids is 1. The Morgan fingerprint density at radius 1 is 0.963 bits per heavy atom. The van der Waals surface area contributed by atoms with Crippen LogP contribution in [0.3, 0.4) is 0 Å². The Labute approximate surface area is 161 Å². The van der Waals surface area contributed by atoms with E-state index in [4.69, 9.17) is 9.47 Å². The lowest BCUT2D eigenvalue weighted by Crippen LogP contribution is -2.34. The van der Waals surface area contributed by atoms with E-state index < -0.39 is 0 Å². The molecule has 0 aliphatic rings. The molecule has 2 rings (SSSR count). The van der Waals surface area contributed by atoms with E-state index in [-0.39, 0.29) is 11.9 Å². The fourth-order valence-electron chi connectivity index (χ4n) is 2.82. The van der Waals surface area contributed by atoms with Crippen molar-refractivity contribution in [3.05, 3.63) is 53.6 Å². The van der Waals surface area contributed by atoms with Gasteiger partial charge in [-0.15, -0.1) is 0 Å². The zero-order valence-electron chi connectivity index (χ0n) is 16.9. The van der Waals surface area contributed by atoms with Crippen LogP contribution in [-0.4, -0.2) is 59.8 Å². The summed E-state index contributed by atoms with van der Waals surface area (Å²) in [5, 5.41) is 3.02. The van der Waals surface area contributed by atoms with Crippen LogP contribution in [-0.2, 0) is 0 Å². The van der Waals surface area contributed by atoms with E-state index in [0.29, 0.717) is 23.6 Å². The minimum Gasteiger partial charge on any atom is -0.497 e. The highest BCUT2D eigenvalue weighted by molar-refractivity contribution is 5.95. The number of hydrogen-bond donors (Lipinski definition) is 1. The highest BCUT2D eigenvalue weighted by atomic mass is 16.5. The Morgan fingerprint density at radius 3 is 1.96 bits per heavy atom. The lowest BCUT2D eigenvalue weighted by Gasteiger charge is -2.26. The maximum atomic E-state index is 12.6. The molecule has 0 aromatic heterocycles. The molecule has 2 aromatic rings. The maximum absolute atomic E-state index is 12.6.